The summed E-state index contributed by atoms with van der Waals surface area (Å²) in [6.07, 6.45) is 6.95. The molecule has 1 rings (SSSR count). The number of nitrogens with two attached hydrogens (primary N) is 1. The minimum atomic E-state index is -0.0882. The Kier molecular flexibility index (Phi) is 7.84. The molecule has 1 unspecified atom stereocenters. The van der Waals surface area contributed by atoms with Gasteiger partial charge in [0.1, 0.15) is 4.47 Å². The zero-order valence-electron chi connectivity index (χ0n) is 12.4. The number of aromatic nitrogens is 2. The summed E-state index contributed by atoms with van der Waals surface area (Å²) in [5.74, 6) is 0. The van der Waals surface area contributed by atoms with Crippen LogP contribution in [0, 0.1) is 0 Å². The average Bonchev–Trinajstić information content (AvgIpc) is 2.47. The number of anilines is 1. The van der Waals surface area contributed by atoms with Crippen LogP contribution < -0.4 is 16.6 Å². The summed E-state index contributed by atoms with van der Waals surface area (Å²) in [5, 5.41) is 7.52. The molecule has 20 heavy (non-hydrogen) atoms. The molecule has 0 saturated carbocycles. The Morgan fingerprint density at radius 2 is 2.10 bits per heavy atom. The van der Waals surface area contributed by atoms with Gasteiger partial charge in [0.05, 0.1) is 11.9 Å². The van der Waals surface area contributed by atoms with Gasteiger partial charge in [-0.15, -0.1) is 0 Å². The van der Waals surface area contributed by atoms with Crippen molar-refractivity contribution in [2.45, 2.75) is 58.5 Å². The second-order valence-electron chi connectivity index (χ2n) is 4.97. The monoisotopic (exact) mass is 344 g/mol. The van der Waals surface area contributed by atoms with Crippen LogP contribution in [0.3, 0.4) is 0 Å². The highest BCUT2D eigenvalue weighted by atomic mass is 79.9. The summed E-state index contributed by atoms with van der Waals surface area (Å²) in [4.78, 5) is 12.2. The van der Waals surface area contributed by atoms with Crippen LogP contribution in [0.15, 0.2) is 15.5 Å². The number of rotatable bonds is 9. The SMILES string of the molecule is CCCCC(CN)Nc1cnn(CCCC)c(=O)c1Br. The smallest absolute Gasteiger partial charge is 0.283 e. The van der Waals surface area contributed by atoms with Crippen molar-refractivity contribution in [3.8, 4) is 0 Å². The fraction of sp³-hybridized carbons (Fsp3) is 0.714. The lowest BCUT2D eigenvalue weighted by atomic mass is 10.1. The summed E-state index contributed by atoms with van der Waals surface area (Å²) >= 11 is 3.37. The van der Waals surface area contributed by atoms with Crippen molar-refractivity contribution in [2.24, 2.45) is 5.73 Å². The Morgan fingerprint density at radius 1 is 1.40 bits per heavy atom. The van der Waals surface area contributed by atoms with E-state index in [0.717, 1.165) is 37.8 Å². The van der Waals surface area contributed by atoms with Gasteiger partial charge in [0.2, 0.25) is 0 Å². The normalized spacial score (nSPS) is 12.4. The molecule has 5 nitrogen and oxygen atoms in total. The molecule has 0 aliphatic carbocycles. The van der Waals surface area contributed by atoms with Crippen LogP contribution in [0.1, 0.15) is 46.0 Å². The minimum absolute atomic E-state index is 0.0882. The van der Waals surface area contributed by atoms with Crippen molar-refractivity contribution in [3.05, 3.63) is 21.0 Å². The van der Waals surface area contributed by atoms with Crippen molar-refractivity contribution in [1.29, 1.82) is 0 Å². The number of hydrogen-bond acceptors (Lipinski definition) is 4. The summed E-state index contributed by atoms with van der Waals surface area (Å²) in [7, 11) is 0. The van der Waals surface area contributed by atoms with E-state index in [1.165, 1.54) is 4.68 Å². The molecule has 0 radical (unpaired) electrons. The van der Waals surface area contributed by atoms with Crippen LogP contribution in [0.5, 0.6) is 0 Å². The molecule has 114 valence electrons. The van der Waals surface area contributed by atoms with Gasteiger partial charge in [-0.2, -0.15) is 5.10 Å². The van der Waals surface area contributed by atoms with Crippen LogP contribution in [0.25, 0.3) is 0 Å². The summed E-state index contributed by atoms with van der Waals surface area (Å²) in [6.45, 7) is 5.45. The number of nitrogens with zero attached hydrogens (tertiary/aromatic N) is 2. The molecule has 0 aliphatic rings. The maximum Gasteiger partial charge on any atom is 0.283 e. The van der Waals surface area contributed by atoms with Crippen molar-refractivity contribution >= 4 is 21.6 Å². The Hall–Kier alpha value is -0.880. The molecule has 1 aromatic heterocycles. The van der Waals surface area contributed by atoms with Gasteiger partial charge in [-0.1, -0.05) is 33.1 Å². The van der Waals surface area contributed by atoms with E-state index in [-0.39, 0.29) is 11.6 Å². The van der Waals surface area contributed by atoms with Crippen LogP contribution in [0.2, 0.25) is 0 Å². The second-order valence-corrected chi connectivity index (χ2v) is 5.77. The van der Waals surface area contributed by atoms with Crippen LogP contribution in [0.4, 0.5) is 5.69 Å². The molecule has 0 spiro atoms. The van der Waals surface area contributed by atoms with E-state index in [4.69, 9.17) is 5.73 Å². The molecule has 0 saturated heterocycles. The number of aryl methyl sites for hydroxylation is 1. The maximum absolute atomic E-state index is 12.2. The van der Waals surface area contributed by atoms with Gasteiger partial charge in [0, 0.05) is 19.1 Å². The third-order valence-corrected chi connectivity index (χ3v) is 4.02. The first kappa shape index (κ1) is 17.2. The first-order valence-corrected chi connectivity index (χ1v) is 8.15. The molecule has 0 amide bonds. The molecular weight excluding hydrogens is 320 g/mol. The molecule has 6 heteroatoms. The lowest BCUT2D eigenvalue weighted by Gasteiger charge is -2.18. The highest BCUT2D eigenvalue weighted by Crippen LogP contribution is 2.18. The molecular formula is C14H25BrN4O. The second kappa shape index (κ2) is 9.13. The summed E-state index contributed by atoms with van der Waals surface area (Å²) in [5.41, 5.74) is 6.41. The summed E-state index contributed by atoms with van der Waals surface area (Å²) in [6, 6.07) is 0.180. The van der Waals surface area contributed by atoms with Crippen molar-refractivity contribution in [3.63, 3.8) is 0 Å². The van der Waals surface area contributed by atoms with E-state index in [9.17, 15) is 4.79 Å². The third-order valence-electron chi connectivity index (χ3n) is 3.26. The first-order valence-electron chi connectivity index (χ1n) is 7.36. The number of hydrogen-bond donors (Lipinski definition) is 2. The quantitative estimate of drug-likeness (QED) is 0.722. The van der Waals surface area contributed by atoms with Gasteiger partial charge in [-0.25, -0.2) is 4.68 Å². The number of unbranched alkanes of at least 4 members (excludes halogenated alkanes) is 2. The Morgan fingerprint density at radius 3 is 2.70 bits per heavy atom. The summed E-state index contributed by atoms with van der Waals surface area (Å²) < 4.78 is 2.04. The largest absolute Gasteiger partial charge is 0.379 e. The highest BCUT2D eigenvalue weighted by molar-refractivity contribution is 9.10. The molecule has 0 aliphatic heterocycles. The minimum Gasteiger partial charge on any atom is -0.379 e. The van der Waals surface area contributed by atoms with E-state index in [1.807, 2.05) is 0 Å². The highest BCUT2D eigenvalue weighted by Gasteiger charge is 2.12. The standard InChI is InChI=1S/C14H25BrN4O/c1-3-5-7-11(9-16)18-12-10-17-19(8-6-4-2)14(20)13(12)15/h10-11,18H,3-9,16H2,1-2H3. The van der Waals surface area contributed by atoms with Gasteiger partial charge in [0.15, 0.2) is 0 Å². The van der Waals surface area contributed by atoms with Crippen molar-refractivity contribution in [1.82, 2.24) is 9.78 Å². The molecule has 1 aromatic rings. The Balaban J connectivity index is 2.81. The van der Waals surface area contributed by atoms with E-state index in [2.05, 4.69) is 40.2 Å². The lowest BCUT2D eigenvalue weighted by molar-refractivity contribution is 0.540. The van der Waals surface area contributed by atoms with Gasteiger partial charge < -0.3 is 11.1 Å². The van der Waals surface area contributed by atoms with Crippen molar-refractivity contribution in [2.75, 3.05) is 11.9 Å². The van der Waals surface area contributed by atoms with Gasteiger partial charge in [-0.05, 0) is 28.8 Å². The topological polar surface area (TPSA) is 72.9 Å². The van der Waals surface area contributed by atoms with E-state index in [1.54, 1.807) is 6.20 Å². The first-order chi connectivity index (χ1) is 9.63. The molecule has 1 atom stereocenters. The maximum atomic E-state index is 12.2. The predicted molar refractivity (Wildman–Crippen MR) is 87.1 cm³/mol. The van der Waals surface area contributed by atoms with Crippen LogP contribution in [-0.2, 0) is 6.54 Å². The number of halogens is 1. The molecule has 3 N–H and O–H groups in total. The number of nitrogens with one attached hydrogen (secondary N) is 1. The molecule has 0 aromatic carbocycles. The van der Waals surface area contributed by atoms with Crippen molar-refractivity contribution < 1.29 is 0 Å². The zero-order chi connectivity index (χ0) is 15.0. The van der Waals surface area contributed by atoms with Gasteiger partial charge >= 0.3 is 0 Å². The van der Waals surface area contributed by atoms with E-state index < -0.39 is 0 Å². The zero-order valence-corrected chi connectivity index (χ0v) is 13.9. The fourth-order valence-electron chi connectivity index (χ4n) is 1.95. The predicted octanol–water partition coefficient (Wildman–Crippen LogP) is 2.74. The molecule has 0 fully saturated rings. The average molecular weight is 345 g/mol. The van der Waals surface area contributed by atoms with E-state index >= 15 is 0 Å². The third kappa shape index (κ3) is 4.90. The molecule has 1 heterocycles. The van der Waals surface area contributed by atoms with Crippen LogP contribution in [-0.4, -0.2) is 22.4 Å². The molecule has 0 bridgehead atoms. The Bertz CT molecular complexity index is 461. The lowest BCUT2D eigenvalue weighted by Crippen LogP contribution is -2.31. The Labute approximate surface area is 129 Å². The van der Waals surface area contributed by atoms with Gasteiger partial charge in [-0.3, -0.25) is 4.79 Å². The van der Waals surface area contributed by atoms with Gasteiger partial charge in [0.25, 0.3) is 5.56 Å². The van der Waals surface area contributed by atoms with Crippen LogP contribution >= 0.6 is 15.9 Å². The fourth-order valence-corrected chi connectivity index (χ4v) is 2.37. The van der Waals surface area contributed by atoms with E-state index in [0.29, 0.717) is 17.6 Å².